The molecule has 4 aromatic rings. The Morgan fingerprint density at radius 2 is 1.44 bits per heavy atom. The van der Waals surface area contributed by atoms with Crippen molar-refractivity contribution in [1.29, 1.82) is 0 Å². The molecule has 0 unspecified atom stereocenters. The van der Waals surface area contributed by atoms with Gasteiger partial charge in [0.2, 0.25) is 5.91 Å². The SMILES string of the molecule is Cc1ccccc1/C=C(\NC(=O)c1ccccc1)C(=O)Nc1ccc(SCC(=O)Nc2cccc(C(=O)O)c2)cc1. The summed E-state index contributed by atoms with van der Waals surface area (Å²) in [6.07, 6.45) is 1.64. The first-order valence-corrected chi connectivity index (χ1v) is 13.6. The third-order valence-corrected chi connectivity index (χ3v) is 6.90. The number of aryl methyl sites for hydroxylation is 1. The van der Waals surface area contributed by atoms with Crippen molar-refractivity contribution in [1.82, 2.24) is 5.32 Å². The van der Waals surface area contributed by atoms with Gasteiger partial charge >= 0.3 is 5.97 Å². The van der Waals surface area contributed by atoms with Crippen molar-refractivity contribution in [3.05, 3.63) is 131 Å². The summed E-state index contributed by atoms with van der Waals surface area (Å²) in [7, 11) is 0. The van der Waals surface area contributed by atoms with Gasteiger partial charge in [0.1, 0.15) is 5.70 Å². The van der Waals surface area contributed by atoms with Crippen molar-refractivity contribution in [3.63, 3.8) is 0 Å². The Hall–Kier alpha value is -5.15. The summed E-state index contributed by atoms with van der Waals surface area (Å²) in [6, 6.07) is 29.2. The lowest BCUT2D eigenvalue weighted by Gasteiger charge is -2.12. The highest BCUT2D eigenvalue weighted by atomic mass is 32.2. The first kappa shape index (κ1) is 28.8. The highest BCUT2D eigenvalue weighted by Gasteiger charge is 2.16. The van der Waals surface area contributed by atoms with Gasteiger partial charge in [-0.1, -0.05) is 48.5 Å². The predicted octanol–water partition coefficient (Wildman–Crippen LogP) is 5.83. The molecule has 0 heterocycles. The summed E-state index contributed by atoms with van der Waals surface area (Å²) in [5.41, 5.74) is 3.27. The van der Waals surface area contributed by atoms with Crippen LogP contribution < -0.4 is 16.0 Å². The molecule has 41 heavy (non-hydrogen) atoms. The van der Waals surface area contributed by atoms with Crippen LogP contribution in [0.3, 0.4) is 0 Å². The lowest BCUT2D eigenvalue weighted by atomic mass is 10.1. The number of amides is 3. The molecule has 0 spiro atoms. The van der Waals surface area contributed by atoms with Crippen molar-refractivity contribution in [2.45, 2.75) is 11.8 Å². The molecule has 206 valence electrons. The normalized spacial score (nSPS) is 10.9. The third kappa shape index (κ3) is 8.42. The molecular formula is C32H27N3O5S. The van der Waals surface area contributed by atoms with Crippen LogP contribution in [0.25, 0.3) is 6.08 Å². The molecular weight excluding hydrogens is 538 g/mol. The maximum absolute atomic E-state index is 13.2. The van der Waals surface area contributed by atoms with Crippen molar-refractivity contribution < 1.29 is 24.3 Å². The first-order valence-electron chi connectivity index (χ1n) is 12.6. The molecule has 8 nitrogen and oxygen atoms in total. The molecule has 3 amide bonds. The summed E-state index contributed by atoms with van der Waals surface area (Å²) >= 11 is 1.29. The molecule has 0 aliphatic heterocycles. The largest absolute Gasteiger partial charge is 0.478 e. The van der Waals surface area contributed by atoms with E-state index in [2.05, 4.69) is 16.0 Å². The number of anilines is 2. The van der Waals surface area contributed by atoms with Crippen LogP contribution in [0.2, 0.25) is 0 Å². The Bertz CT molecular complexity index is 1600. The monoisotopic (exact) mass is 565 g/mol. The number of carboxylic acid groups (broad SMARTS) is 1. The van der Waals surface area contributed by atoms with Crippen LogP contribution in [0, 0.1) is 6.92 Å². The van der Waals surface area contributed by atoms with E-state index in [0.29, 0.717) is 16.9 Å². The summed E-state index contributed by atoms with van der Waals surface area (Å²) in [5.74, 6) is -2.13. The van der Waals surface area contributed by atoms with E-state index in [1.165, 1.54) is 23.9 Å². The van der Waals surface area contributed by atoms with Crippen LogP contribution in [0.15, 0.2) is 114 Å². The van der Waals surface area contributed by atoms with E-state index in [1.807, 2.05) is 37.3 Å². The molecule has 0 saturated carbocycles. The summed E-state index contributed by atoms with van der Waals surface area (Å²) < 4.78 is 0. The van der Waals surface area contributed by atoms with Gasteiger partial charge in [0, 0.05) is 21.8 Å². The Kier molecular flexibility index (Phi) is 9.69. The van der Waals surface area contributed by atoms with Gasteiger partial charge in [0.15, 0.2) is 0 Å². The molecule has 0 radical (unpaired) electrons. The highest BCUT2D eigenvalue weighted by Crippen LogP contribution is 2.22. The summed E-state index contributed by atoms with van der Waals surface area (Å²) in [6.45, 7) is 1.92. The second-order valence-corrected chi connectivity index (χ2v) is 9.98. The second kappa shape index (κ2) is 13.8. The minimum absolute atomic E-state index is 0.0876. The molecule has 0 saturated heterocycles. The van der Waals surface area contributed by atoms with E-state index in [-0.39, 0.29) is 22.9 Å². The minimum atomic E-state index is -1.07. The number of rotatable bonds is 10. The Morgan fingerprint density at radius 1 is 0.756 bits per heavy atom. The Morgan fingerprint density at radius 3 is 2.15 bits per heavy atom. The van der Waals surface area contributed by atoms with Crippen molar-refractivity contribution >= 4 is 52.9 Å². The topological polar surface area (TPSA) is 125 Å². The number of carboxylic acids is 1. The molecule has 4 rings (SSSR count). The van der Waals surface area contributed by atoms with E-state index in [4.69, 9.17) is 5.11 Å². The number of thioether (sulfide) groups is 1. The number of carbonyl (C=O) groups excluding carboxylic acids is 3. The fourth-order valence-corrected chi connectivity index (χ4v) is 4.45. The highest BCUT2D eigenvalue weighted by molar-refractivity contribution is 8.00. The van der Waals surface area contributed by atoms with Gasteiger partial charge in [0.25, 0.3) is 11.8 Å². The van der Waals surface area contributed by atoms with Crippen LogP contribution in [0.1, 0.15) is 31.8 Å². The standard InChI is InChI=1S/C32H27N3O5S/c1-21-8-5-6-11-23(21)19-28(35-30(37)22-9-3-2-4-10-22)31(38)34-25-14-16-27(17-15-25)41-20-29(36)33-26-13-7-12-24(18-26)32(39)40/h2-19H,20H2,1H3,(H,33,36)(H,34,38)(H,35,37)(H,39,40)/b28-19-. The quantitative estimate of drug-likeness (QED) is 0.142. The van der Waals surface area contributed by atoms with Crippen LogP contribution in [-0.2, 0) is 9.59 Å². The molecule has 0 bridgehead atoms. The van der Waals surface area contributed by atoms with E-state index in [9.17, 15) is 19.2 Å². The van der Waals surface area contributed by atoms with Gasteiger partial charge in [-0.25, -0.2) is 4.79 Å². The Balaban J connectivity index is 1.40. The molecule has 9 heteroatoms. The molecule has 4 aromatic carbocycles. The molecule has 0 aliphatic carbocycles. The third-order valence-electron chi connectivity index (χ3n) is 5.89. The zero-order chi connectivity index (χ0) is 29.2. The number of hydrogen-bond acceptors (Lipinski definition) is 5. The summed E-state index contributed by atoms with van der Waals surface area (Å²) in [5, 5.41) is 17.3. The number of carbonyl (C=O) groups is 4. The van der Waals surface area contributed by atoms with E-state index in [1.54, 1.807) is 66.7 Å². The first-order chi connectivity index (χ1) is 19.8. The fourth-order valence-electron chi connectivity index (χ4n) is 3.76. The van der Waals surface area contributed by atoms with Gasteiger partial charge in [-0.3, -0.25) is 14.4 Å². The fraction of sp³-hybridized carbons (Fsp3) is 0.0625. The van der Waals surface area contributed by atoms with Gasteiger partial charge in [0.05, 0.1) is 11.3 Å². The lowest BCUT2D eigenvalue weighted by Crippen LogP contribution is -2.30. The maximum Gasteiger partial charge on any atom is 0.335 e. The van der Waals surface area contributed by atoms with Crippen molar-refractivity contribution in [2.75, 3.05) is 16.4 Å². The van der Waals surface area contributed by atoms with E-state index in [0.717, 1.165) is 16.0 Å². The van der Waals surface area contributed by atoms with E-state index < -0.39 is 17.8 Å². The van der Waals surface area contributed by atoms with Crippen LogP contribution in [-0.4, -0.2) is 34.6 Å². The molecule has 0 atom stereocenters. The van der Waals surface area contributed by atoms with Crippen molar-refractivity contribution in [3.8, 4) is 0 Å². The average Bonchev–Trinajstić information content (AvgIpc) is 2.98. The van der Waals surface area contributed by atoms with Crippen LogP contribution in [0.4, 0.5) is 11.4 Å². The number of nitrogens with one attached hydrogen (secondary N) is 3. The van der Waals surface area contributed by atoms with Gasteiger partial charge in [-0.15, -0.1) is 11.8 Å². The number of benzene rings is 4. The van der Waals surface area contributed by atoms with Crippen LogP contribution >= 0.6 is 11.8 Å². The molecule has 4 N–H and O–H groups in total. The zero-order valence-electron chi connectivity index (χ0n) is 22.1. The van der Waals surface area contributed by atoms with Crippen LogP contribution in [0.5, 0.6) is 0 Å². The van der Waals surface area contributed by atoms with E-state index >= 15 is 0 Å². The van der Waals surface area contributed by atoms with Gasteiger partial charge in [-0.2, -0.15) is 0 Å². The maximum atomic E-state index is 13.2. The number of hydrogen-bond donors (Lipinski definition) is 4. The van der Waals surface area contributed by atoms with Gasteiger partial charge in [-0.05, 0) is 78.7 Å². The molecule has 0 aliphatic rings. The Labute approximate surface area is 241 Å². The lowest BCUT2D eigenvalue weighted by molar-refractivity contribution is -0.114. The smallest absolute Gasteiger partial charge is 0.335 e. The number of aromatic carboxylic acids is 1. The van der Waals surface area contributed by atoms with Gasteiger partial charge < -0.3 is 21.1 Å². The second-order valence-electron chi connectivity index (χ2n) is 8.94. The molecule has 0 aromatic heterocycles. The minimum Gasteiger partial charge on any atom is -0.478 e. The molecule has 0 fully saturated rings. The zero-order valence-corrected chi connectivity index (χ0v) is 22.9. The predicted molar refractivity (Wildman–Crippen MR) is 161 cm³/mol. The van der Waals surface area contributed by atoms with Crippen molar-refractivity contribution in [2.24, 2.45) is 0 Å². The average molecular weight is 566 g/mol. The summed E-state index contributed by atoms with van der Waals surface area (Å²) in [4.78, 5) is 50.3.